The lowest BCUT2D eigenvalue weighted by Crippen LogP contribution is -2.43. The van der Waals surface area contributed by atoms with Gasteiger partial charge in [-0.15, -0.1) is 0 Å². The topological polar surface area (TPSA) is 85.3 Å². The van der Waals surface area contributed by atoms with E-state index >= 15 is 0 Å². The van der Waals surface area contributed by atoms with Gasteiger partial charge in [0.05, 0.1) is 32.8 Å². The van der Waals surface area contributed by atoms with Crippen LogP contribution in [-0.2, 0) is 19.9 Å². The van der Waals surface area contributed by atoms with Crippen molar-refractivity contribution in [1.82, 2.24) is 4.90 Å². The van der Waals surface area contributed by atoms with Crippen molar-refractivity contribution in [3.8, 4) is 22.6 Å². The molecule has 3 aromatic carbocycles. The summed E-state index contributed by atoms with van der Waals surface area (Å²) in [5.74, 6) is 0.723. The molecule has 1 N–H and O–H groups in total. The molecular weight excluding hydrogens is 554 g/mol. The van der Waals surface area contributed by atoms with Crippen molar-refractivity contribution in [2.45, 2.75) is 50.5 Å². The van der Waals surface area contributed by atoms with Crippen LogP contribution in [-0.4, -0.2) is 55.8 Å². The van der Waals surface area contributed by atoms with Gasteiger partial charge in [-0.25, -0.2) is 0 Å². The first kappa shape index (κ1) is 29.9. The second-order valence-electron chi connectivity index (χ2n) is 11.2. The Hall–Kier alpha value is -3.55. The highest BCUT2D eigenvalue weighted by atomic mass is 35.5. The molecule has 1 heterocycles. The molecule has 7 nitrogen and oxygen atoms in total. The lowest BCUT2D eigenvalue weighted by Gasteiger charge is -2.36. The number of hydrogen-bond acceptors (Lipinski definition) is 6. The molecular formula is C34H38ClNO6. The monoisotopic (exact) mass is 591 g/mol. The molecule has 0 unspecified atom stereocenters. The van der Waals surface area contributed by atoms with Gasteiger partial charge in [0.25, 0.3) is 0 Å². The van der Waals surface area contributed by atoms with Gasteiger partial charge in [0.1, 0.15) is 0 Å². The van der Waals surface area contributed by atoms with E-state index in [0.29, 0.717) is 48.2 Å². The normalized spacial score (nSPS) is 20.2. The Morgan fingerprint density at radius 1 is 0.976 bits per heavy atom. The average Bonchev–Trinajstić information content (AvgIpc) is 3.09. The van der Waals surface area contributed by atoms with Gasteiger partial charge in [0.2, 0.25) is 5.91 Å². The van der Waals surface area contributed by atoms with Crippen LogP contribution in [0.15, 0.2) is 60.7 Å². The van der Waals surface area contributed by atoms with Crippen LogP contribution in [0.25, 0.3) is 11.1 Å². The first-order chi connectivity index (χ1) is 20.3. The summed E-state index contributed by atoms with van der Waals surface area (Å²) in [5.41, 5.74) is 2.86. The Kier molecular flexibility index (Phi) is 9.09. The fraction of sp³-hybridized carbons (Fsp3) is 0.412. The van der Waals surface area contributed by atoms with Gasteiger partial charge in [-0.05, 0) is 72.6 Å². The van der Waals surface area contributed by atoms with Crippen LogP contribution < -0.4 is 9.47 Å². The summed E-state index contributed by atoms with van der Waals surface area (Å²) < 4.78 is 16.6. The van der Waals surface area contributed by atoms with Gasteiger partial charge in [-0.3, -0.25) is 9.59 Å². The number of piperidine rings is 1. The van der Waals surface area contributed by atoms with Crippen molar-refractivity contribution < 1.29 is 28.9 Å². The maximum absolute atomic E-state index is 13.8. The Balaban J connectivity index is 1.50. The van der Waals surface area contributed by atoms with Crippen LogP contribution >= 0.6 is 11.6 Å². The van der Waals surface area contributed by atoms with Crippen LogP contribution in [0, 0.1) is 5.92 Å². The lowest BCUT2D eigenvalue weighted by atomic mass is 9.78. The summed E-state index contributed by atoms with van der Waals surface area (Å²) in [7, 11) is 3.20. The third-order valence-corrected chi connectivity index (χ3v) is 8.86. The number of aliphatic hydroxyl groups is 1. The fourth-order valence-electron chi connectivity index (χ4n) is 6.58. The number of nitrogens with zero attached hydrogens (tertiary/aromatic N) is 1. The number of benzene rings is 3. The number of carbonyl (C=O) groups is 2. The Morgan fingerprint density at radius 2 is 1.74 bits per heavy atom. The van der Waals surface area contributed by atoms with E-state index in [9.17, 15) is 14.7 Å². The molecule has 8 heteroatoms. The van der Waals surface area contributed by atoms with Crippen molar-refractivity contribution >= 4 is 23.5 Å². The second kappa shape index (κ2) is 12.8. The highest BCUT2D eigenvalue weighted by Gasteiger charge is 2.43. The molecule has 222 valence electrons. The number of rotatable bonds is 8. The molecule has 2 atom stereocenters. The van der Waals surface area contributed by atoms with E-state index in [1.807, 2.05) is 65.6 Å². The fourth-order valence-corrected chi connectivity index (χ4v) is 6.76. The second-order valence-corrected chi connectivity index (χ2v) is 11.6. The minimum atomic E-state index is -1.47. The molecule has 5 rings (SSSR count). The zero-order valence-electron chi connectivity index (χ0n) is 24.4. The molecule has 0 aromatic heterocycles. The van der Waals surface area contributed by atoms with Crippen LogP contribution in [0.2, 0.25) is 5.02 Å². The number of carbonyl (C=O) groups excluding carboxylic acids is 2. The number of hydrogen-bond donors (Lipinski definition) is 1. The Morgan fingerprint density at radius 3 is 2.45 bits per heavy atom. The smallest absolute Gasteiger partial charge is 0.306 e. The first-order valence-corrected chi connectivity index (χ1v) is 14.9. The largest absolute Gasteiger partial charge is 0.493 e. The minimum Gasteiger partial charge on any atom is -0.493 e. The molecule has 0 spiro atoms. The first-order valence-electron chi connectivity index (χ1n) is 14.5. The molecule has 2 aliphatic rings. The Bertz CT molecular complexity index is 1450. The summed E-state index contributed by atoms with van der Waals surface area (Å²) in [6.07, 6.45) is 2.00. The highest BCUT2D eigenvalue weighted by Crippen LogP contribution is 2.52. The van der Waals surface area contributed by atoms with Gasteiger partial charge in [0, 0.05) is 36.0 Å². The van der Waals surface area contributed by atoms with Crippen molar-refractivity contribution in [1.29, 1.82) is 0 Å². The van der Waals surface area contributed by atoms with Gasteiger partial charge in [-0.2, -0.15) is 0 Å². The summed E-state index contributed by atoms with van der Waals surface area (Å²) in [6.45, 7) is 3.26. The maximum Gasteiger partial charge on any atom is 0.306 e. The number of halogens is 1. The molecule has 1 fully saturated rings. The van der Waals surface area contributed by atoms with Crippen LogP contribution in [0.3, 0.4) is 0 Å². The van der Waals surface area contributed by atoms with E-state index in [0.717, 1.165) is 35.1 Å². The van der Waals surface area contributed by atoms with E-state index in [2.05, 4.69) is 0 Å². The van der Waals surface area contributed by atoms with E-state index in [1.54, 1.807) is 21.1 Å². The highest BCUT2D eigenvalue weighted by molar-refractivity contribution is 6.30. The summed E-state index contributed by atoms with van der Waals surface area (Å²) in [5, 5.41) is 13.2. The Labute approximate surface area is 252 Å². The molecule has 0 saturated carbocycles. The third-order valence-electron chi connectivity index (χ3n) is 8.63. The van der Waals surface area contributed by atoms with E-state index in [1.165, 1.54) is 0 Å². The molecule has 1 amide bonds. The van der Waals surface area contributed by atoms with Crippen molar-refractivity contribution in [2.75, 3.05) is 33.9 Å². The number of ether oxygens (including phenoxy) is 3. The molecule has 1 saturated heterocycles. The lowest BCUT2D eigenvalue weighted by molar-refractivity contribution is -0.144. The van der Waals surface area contributed by atoms with E-state index < -0.39 is 5.60 Å². The molecule has 0 bridgehead atoms. The number of esters is 1. The number of amides is 1. The van der Waals surface area contributed by atoms with Crippen LogP contribution in [0.4, 0.5) is 0 Å². The number of para-hydroxylation sites is 1. The third kappa shape index (κ3) is 5.99. The van der Waals surface area contributed by atoms with Gasteiger partial charge >= 0.3 is 5.97 Å². The summed E-state index contributed by atoms with van der Waals surface area (Å²) >= 11 is 6.55. The maximum atomic E-state index is 13.8. The zero-order chi connectivity index (χ0) is 29.9. The molecule has 1 aliphatic heterocycles. The standard InChI is InChI=1S/C34H38ClNO6/c1-4-42-32(38)18-22-14-16-36(17-15-22)31(37)21-34(39)20-28(26-9-7-11-30(40-2)33(26)41-3)27-19-23(35)12-13-24(27)25-8-5-6-10-29(25)34/h5-13,19,22,28,39H,4,14-18,20-21H2,1-3H3/t28-,34+/m0/s1. The summed E-state index contributed by atoms with van der Waals surface area (Å²) in [6, 6.07) is 19.3. The van der Waals surface area contributed by atoms with E-state index in [-0.39, 0.29) is 36.6 Å². The minimum absolute atomic E-state index is 0.0724. The molecule has 3 aromatic rings. The SMILES string of the molecule is CCOC(=O)CC1CCN(C(=O)C[C@]2(O)C[C@@H](c3cccc(OC)c3OC)c3cc(Cl)ccc3-c3ccccc32)CC1. The predicted octanol–water partition coefficient (Wildman–Crippen LogP) is 6.33. The average molecular weight is 592 g/mol. The van der Waals surface area contributed by atoms with Crippen molar-refractivity contribution in [3.63, 3.8) is 0 Å². The van der Waals surface area contributed by atoms with Crippen molar-refractivity contribution in [3.05, 3.63) is 82.4 Å². The van der Waals surface area contributed by atoms with Crippen molar-refractivity contribution in [2.24, 2.45) is 5.92 Å². The number of likely N-dealkylation sites (tertiary alicyclic amines) is 1. The van der Waals surface area contributed by atoms with Crippen LogP contribution in [0.1, 0.15) is 61.6 Å². The van der Waals surface area contributed by atoms with Gasteiger partial charge in [-0.1, -0.05) is 54.1 Å². The molecule has 0 radical (unpaired) electrons. The number of fused-ring (bicyclic) bond motifs is 3. The zero-order valence-corrected chi connectivity index (χ0v) is 25.2. The number of methoxy groups -OCH3 is 2. The van der Waals surface area contributed by atoms with Gasteiger partial charge < -0.3 is 24.2 Å². The summed E-state index contributed by atoms with van der Waals surface area (Å²) in [4.78, 5) is 27.6. The quantitative estimate of drug-likeness (QED) is 0.308. The molecule has 1 aliphatic carbocycles. The molecule has 42 heavy (non-hydrogen) atoms. The van der Waals surface area contributed by atoms with Gasteiger partial charge in [0.15, 0.2) is 11.5 Å². The van der Waals surface area contributed by atoms with E-state index in [4.69, 9.17) is 25.8 Å². The predicted molar refractivity (Wildman–Crippen MR) is 162 cm³/mol. The van der Waals surface area contributed by atoms with Crippen LogP contribution in [0.5, 0.6) is 11.5 Å².